The second kappa shape index (κ2) is 12.0. The van der Waals surface area contributed by atoms with Crippen LogP contribution in [0.4, 0.5) is 0 Å². The van der Waals surface area contributed by atoms with Crippen LogP contribution in [-0.2, 0) is 11.3 Å². The molecule has 2 aliphatic heterocycles. The van der Waals surface area contributed by atoms with Gasteiger partial charge in [0, 0.05) is 64.2 Å². The number of guanidine groups is 1. The molecule has 1 N–H and O–H groups in total. The third-order valence-electron chi connectivity index (χ3n) is 5.42. The van der Waals surface area contributed by atoms with E-state index in [1.807, 2.05) is 16.2 Å². The number of rotatable bonds is 5. The van der Waals surface area contributed by atoms with E-state index in [0.717, 1.165) is 58.3 Å². The Labute approximate surface area is 190 Å². The summed E-state index contributed by atoms with van der Waals surface area (Å²) >= 11 is 1.85. The largest absolute Gasteiger partial charge is 0.357 e. The Kier molecular flexibility index (Phi) is 10.0. The van der Waals surface area contributed by atoms with E-state index < -0.39 is 0 Å². The summed E-state index contributed by atoms with van der Waals surface area (Å²) in [6, 6.07) is 4.37. The zero-order valence-corrected chi connectivity index (χ0v) is 20.2. The van der Waals surface area contributed by atoms with Crippen LogP contribution in [0.25, 0.3) is 0 Å². The second-order valence-corrected chi connectivity index (χ2v) is 8.54. The van der Waals surface area contributed by atoms with Crippen molar-refractivity contribution >= 4 is 47.2 Å². The molecule has 28 heavy (non-hydrogen) atoms. The number of thiophene rings is 1. The first-order valence-corrected chi connectivity index (χ1v) is 11.1. The molecule has 2 saturated heterocycles. The highest BCUT2D eigenvalue weighted by molar-refractivity contribution is 14.0. The van der Waals surface area contributed by atoms with Crippen LogP contribution in [0.3, 0.4) is 0 Å². The molecule has 0 aliphatic carbocycles. The van der Waals surface area contributed by atoms with Crippen LogP contribution < -0.4 is 5.32 Å². The molecule has 1 aromatic heterocycles. The van der Waals surface area contributed by atoms with Crippen molar-refractivity contribution in [3.8, 4) is 0 Å². The summed E-state index contributed by atoms with van der Waals surface area (Å²) in [4.78, 5) is 24.8. The number of likely N-dealkylation sites (tertiary alicyclic amines) is 1. The molecule has 0 saturated carbocycles. The van der Waals surface area contributed by atoms with E-state index in [9.17, 15) is 4.79 Å². The van der Waals surface area contributed by atoms with Crippen LogP contribution in [0, 0.1) is 5.92 Å². The van der Waals surface area contributed by atoms with Crippen LogP contribution in [0.1, 0.15) is 31.6 Å². The Hall–Kier alpha value is -0.870. The smallest absolute Gasteiger partial charge is 0.219 e. The SMILES string of the molecule is CCNC(=NCC1CCCN(Cc2cccs2)C1)N1CCN(C(C)=O)CC1.I. The monoisotopic (exact) mass is 519 g/mol. The zero-order valence-electron chi connectivity index (χ0n) is 17.1. The average Bonchev–Trinajstić information content (AvgIpc) is 3.18. The predicted octanol–water partition coefficient (Wildman–Crippen LogP) is 2.71. The van der Waals surface area contributed by atoms with Crippen LogP contribution >= 0.6 is 35.3 Å². The molecule has 158 valence electrons. The number of piperazine rings is 1. The Morgan fingerprint density at radius 1 is 1.25 bits per heavy atom. The summed E-state index contributed by atoms with van der Waals surface area (Å²) in [5, 5.41) is 5.61. The van der Waals surface area contributed by atoms with Crippen molar-refractivity contribution in [1.82, 2.24) is 20.0 Å². The van der Waals surface area contributed by atoms with Crippen molar-refractivity contribution < 1.29 is 4.79 Å². The van der Waals surface area contributed by atoms with E-state index in [-0.39, 0.29) is 29.9 Å². The normalized spacial score (nSPS) is 21.4. The number of hydrogen-bond acceptors (Lipinski definition) is 4. The molecule has 3 heterocycles. The van der Waals surface area contributed by atoms with Crippen molar-refractivity contribution in [2.24, 2.45) is 10.9 Å². The fourth-order valence-electron chi connectivity index (χ4n) is 3.94. The fourth-order valence-corrected chi connectivity index (χ4v) is 4.69. The standard InChI is InChI=1S/C20H33N5OS.HI/c1-3-21-20(25-11-9-24(10-12-25)17(2)26)22-14-18-6-4-8-23(15-18)16-19-7-5-13-27-19;/h5,7,13,18H,3-4,6,8-12,14-16H2,1-2H3,(H,21,22);1H. The van der Waals surface area contributed by atoms with Gasteiger partial charge in [-0.3, -0.25) is 14.7 Å². The molecule has 2 fully saturated rings. The molecule has 1 atom stereocenters. The molecule has 1 unspecified atom stereocenters. The Balaban J connectivity index is 0.00000280. The van der Waals surface area contributed by atoms with Gasteiger partial charge in [0.25, 0.3) is 0 Å². The molecule has 0 spiro atoms. The number of aliphatic imine (C=N–C) groups is 1. The summed E-state index contributed by atoms with van der Waals surface area (Å²) in [6.07, 6.45) is 2.53. The number of amides is 1. The van der Waals surface area contributed by atoms with Crippen molar-refractivity contribution in [2.45, 2.75) is 33.2 Å². The minimum Gasteiger partial charge on any atom is -0.357 e. The first kappa shape index (κ1) is 23.4. The van der Waals surface area contributed by atoms with Crippen molar-refractivity contribution in [3.05, 3.63) is 22.4 Å². The van der Waals surface area contributed by atoms with E-state index in [1.165, 1.54) is 24.3 Å². The second-order valence-electron chi connectivity index (χ2n) is 7.51. The van der Waals surface area contributed by atoms with E-state index >= 15 is 0 Å². The number of carbonyl (C=O) groups excluding carboxylic acids is 1. The summed E-state index contributed by atoms with van der Waals surface area (Å²) in [5.74, 6) is 1.81. The summed E-state index contributed by atoms with van der Waals surface area (Å²) in [5.41, 5.74) is 0. The molecule has 3 rings (SSSR count). The highest BCUT2D eigenvalue weighted by atomic mass is 127. The number of piperidine rings is 1. The summed E-state index contributed by atoms with van der Waals surface area (Å²) in [6.45, 7) is 12.2. The van der Waals surface area contributed by atoms with Gasteiger partial charge in [0.2, 0.25) is 5.91 Å². The first-order chi connectivity index (χ1) is 13.2. The predicted molar refractivity (Wildman–Crippen MR) is 128 cm³/mol. The lowest BCUT2D eigenvalue weighted by molar-refractivity contribution is -0.130. The van der Waals surface area contributed by atoms with Gasteiger partial charge >= 0.3 is 0 Å². The van der Waals surface area contributed by atoms with E-state index in [4.69, 9.17) is 4.99 Å². The molecule has 1 aromatic rings. The topological polar surface area (TPSA) is 51.2 Å². The van der Waals surface area contributed by atoms with Gasteiger partial charge in [-0.15, -0.1) is 35.3 Å². The molecule has 0 radical (unpaired) electrons. The van der Waals surface area contributed by atoms with Crippen LogP contribution in [0.15, 0.2) is 22.5 Å². The molecule has 0 aromatic carbocycles. The molecule has 6 nitrogen and oxygen atoms in total. The lowest BCUT2D eigenvalue weighted by atomic mass is 9.98. The van der Waals surface area contributed by atoms with Gasteiger partial charge in [0.1, 0.15) is 0 Å². The van der Waals surface area contributed by atoms with E-state index in [1.54, 1.807) is 6.92 Å². The summed E-state index contributed by atoms with van der Waals surface area (Å²) < 4.78 is 0. The minimum absolute atomic E-state index is 0. The van der Waals surface area contributed by atoms with Crippen molar-refractivity contribution in [3.63, 3.8) is 0 Å². The van der Waals surface area contributed by atoms with Gasteiger partial charge in [-0.1, -0.05) is 6.07 Å². The molecule has 2 aliphatic rings. The quantitative estimate of drug-likeness (QED) is 0.370. The highest BCUT2D eigenvalue weighted by Crippen LogP contribution is 2.20. The highest BCUT2D eigenvalue weighted by Gasteiger charge is 2.23. The molecular formula is C20H34IN5OS. The third-order valence-corrected chi connectivity index (χ3v) is 6.28. The van der Waals surface area contributed by atoms with Gasteiger partial charge in [-0.2, -0.15) is 0 Å². The first-order valence-electron chi connectivity index (χ1n) is 10.2. The van der Waals surface area contributed by atoms with Crippen LogP contribution in [0.5, 0.6) is 0 Å². The molecule has 0 bridgehead atoms. The van der Waals surface area contributed by atoms with Gasteiger partial charge in [-0.05, 0) is 43.7 Å². The Morgan fingerprint density at radius 2 is 2.00 bits per heavy atom. The lowest BCUT2D eigenvalue weighted by Crippen LogP contribution is -2.53. The fraction of sp³-hybridized carbons (Fsp3) is 0.700. The summed E-state index contributed by atoms with van der Waals surface area (Å²) in [7, 11) is 0. The molecule has 8 heteroatoms. The van der Waals surface area contributed by atoms with E-state index in [0.29, 0.717) is 5.92 Å². The van der Waals surface area contributed by atoms with Crippen LogP contribution in [-0.4, -0.2) is 78.9 Å². The van der Waals surface area contributed by atoms with Gasteiger partial charge in [0.15, 0.2) is 5.96 Å². The lowest BCUT2D eigenvalue weighted by Gasteiger charge is -2.36. The van der Waals surface area contributed by atoms with Crippen molar-refractivity contribution in [1.29, 1.82) is 0 Å². The van der Waals surface area contributed by atoms with Crippen LogP contribution in [0.2, 0.25) is 0 Å². The number of nitrogens with zero attached hydrogens (tertiary/aromatic N) is 4. The third kappa shape index (κ3) is 6.88. The zero-order chi connectivity index (χ0) is 19.1. The minimum atomic E-state index is 0. The van der Waals surface area contributed by atoms with E-state index in [2.05, 4.69) is 39.6 Å². The Bertz CT molecular complexity index is 616. The van der Waals surface area contributed by atoms with Gasteiger partial charge in [0.05, 0.1) is 0 Å². The average molecular weight is 519 g/mol. The number of halogens is 1. The maximum atomic E-state index is 11.5. The molecule has 1 amide bonds. The van der Waals surface area contributed by atoms with Gasteiger partial charge < -0.3 is 15.1 Å². The number of carbonyl (C=O) groups is 1. The number of nitrogens with one attached hydrogen (secondary N) is 1. The van der Waals surface area contributed by atoms with Gasteiger partial charge in [-0.25, -0.2) is 0 Å². The number of hydrogen-bond donors (Lipinski definition) is 1. The molecular weight excluding hydrogens is 485 g/mol. The maximum absolute atomic E-state index is 11.5. The Morgan fingerprint density at radius 3 is 2.64 bits per heavy atom. The maximum Gasteiger partial charge on any atom is 0.219 e. The van der Waals surface area contributed by atoms with Crippen molar-refractivity contribution in [2.75, 3.05) is 52.4 Å².